The number of nitrogens with zero attached hydrogens (tertiary/aromatic N) is 2. The van der Waals surface area contributed by atoms with E-state index in [4.69, 9.17) is 4.42 Å². The van der Waals surface area contributed by atoms with Crippen molar-refractivity contribution in [1.82, 2.24) is 9.78 Å². The second-order valence-corrected chi connectivity index (χ2v) is 5.53. The van der Waals surface area contributed by atoms with Gasteiger partial charge in [0.2, 0.25) is 0 Å². The molecule has 0 aliphatic heterocycles. The topological polar surface area (TPSA) is 65.1 Å². The third-order valence-corrected chi connectivity index (χ3v) is 3.71. The number of benzene rings is 1. The van der Waals surface area contributed by atoms with Gasteiger partial charge < -0.3 is 4.42 Å². The number of hydrogen-bond donors (Lipinski definition) is 0. The van der Waals surface area contributed by atoms with Crippen LogP contribution in [0.2, 0.25) is 0 Å². The number of fused-ring (bicyclic) bond motifs is 1. The summed E-state index contributed by atoms with van der Waals surface area (Å²) in [4.78, 5) is 24.5. The van der Waals surface area contributed by atoms with Crippen LogP contribution in [0.15, 0.2) is 33.7 Å². The molecule has 0 aliphatic rings. The van der Waals surface area contributed by atoms with Gasteiger partial charge in [0.05, 0.1) is 22.7 Å². The van der Waals surface area contributed by atoms with Crippen LogP contribution < -0.4 is 5.43 Å². The fourth-order valence-corrected chi connectivity index (χ4v) is 2.61. The molecule has 0 bridgehead atoms. The quantitative estimate of drug-likeness (QED) is 0.682. The van der Waals surface area contributed by atoms with E-state index in [2.05, 4.69) is 5.10 Å². The number of Topliss-reactive ketones (excluding diaryl/α,β-unsaturated/α-hetero) is 1. The Balaban J connectivity index is 2.45. The molecule has 1 aromatic carbocycles. The maximum Gasteiger partial charge on any atom is 0.196 e. The first-order chi connectivity index (χ1) is 10.4. The van der Waals surface area contributed by atoms with Gasteiger partial charge in [-0.2, -0.15) is 5.10 Å². The standard InChI is InChI=1S/C17H16N2O3/c1-9-5-13(11(3)20)17-14(6-9)15(21)10(2)16(22-17)12-7-18-19(4)8-12/h5-8H,1-4H3. The van der Waals surface area contributed by atoms with Gasteiger partial charge in [0.15, 0.2) is 11.2 Å². The molecule has 3 rings (SSSR count). The largest absolute Gasteiger partial charge is 0.455 e. The van der Waals surface area contributed by atoms with Gasteiger partial charge in [-0.05, 0) is 38.5 Å². The molecule has 0 fully saturated rings. The van der Waals surface area contributed by atoms with Crippen LogP contribution in [0, 0.1) is 13.8 Å². The van der Waals surface area contributed by atoms with E-state index in [1.54, 1.807) is 43.2 Å². The Morgan fingerprint density at radius 2 is 2.00 bits per heavy atom. The highest BCUT2D eigenvalue weighted by Gasteiger charge is 2.18. The van der Waals surface area contributed by atoms with Crippen LogP contribution >= 0.6 is 0 Å². The molecular formula is C17H16N2O3. The van der Waals surface area contributed by atoms with Crippen molar-refractivity contribution in [2.75, 3.05) is 0 Å². The van der Waals surface area contributed by atoms with Crippen molar-refractivity contribution >= 4 is 16.8 Å². The van der Waals surface area contributed by atoms with E-state index in [0.29, 0.717) is 33.4 Å². The van der Waals surface area contributed by atoms with E-state index in [9.17, 15) is 9.59 Å². The highest BCUT2D eigenvalue weighted by atomic mass is 16.3. The summed E-state index contributed by atoms with van der Waals surface area (Å²) in [5.41, 5.74) is 2.74. The highest BCUT2D eigenvalue weighted by molar-refractivity contribution is 6.05. The SMILES string of the molecule is CC(=O)c1cc(C)cc2c(=O)c(C)c(-c3cnn(C)c3)oc12. The average Bonchev–Trinajstić information content (AvgIpc) is 2.88. The fraction of sp³-hybridized carbons (Fsp3) is 0.235. The lowest BCUT2D eigenvalue weighted by Gasteiger charge is -2.09. The van der Waals surface area contributed by atoms with Gasteiger partial charge in [-0.15, -0.1) is 0 Å². The highest BCUT2D eigenvalue weighted by Crippen LogP contribution is 2.28. The third-order valence-electron chi connectivity index (χ3n) is 3.71. The molecule has 5 nitrogen and oxygen atoms in total. The molecule has 0 saturated heterocycles. The van der Waals surface area contributed by atoms with Crippen LogP contribution in [0.3, 0.4) is 0 Å². The Morgan fingerprint density at radius 3 is 2.59 bits per heavy atom. The minimum absolute atomic E-state index is 0.119. The van der Waals surface area contributed by atoms with Crippen molar-refractivity contribution in [1.29, 1.82) is 0 Å². The van der Waals surface area contributed by atoms with Gasteiger partial charge in [0, 0.05) is 18.8 Å². The molecule has 0 spiro atoms. The first-order valence-electron chi connectivity index (χ1n) is 6.96. The van der Waals surface area contributed by atoms with Crippen LogP contribution in [-0.4, -0.2) is 15.6 Å². The van der Waals surface area contributed by atoms with Gasteiger partial charge >= 0.3 is 0 Å². The van der Waals surface area contributed by atoms with E-state index in [0.717, 1.165) is 5.56 Å². The molecule has 0 amide bonds. The van der Waals surface area contributed by atoms with Gasteiger partial charge in [-0.3, -0.25) is 14.3 Å². The number of hydrogen-bond acceptors (Lipinski definition) is 4. The maximum absolute atomic E-state index is 12.7. The van der Waals surface area contributed by atoms with Crippen molar-refractivity contribution in [3.63, 3.8) is 0 Å². The van der Waals surface area contributed by atoms with E-state index in [1.807, 2.05) is 6.92 Å². The molecule has 0 saturated carbocycles. The summed E-state index contributed by atoms with van der Waals surface area (Å²) in [6, 6.07) is 3.50. The number of aryl methyl sites for hydroxylation is 2. The molecule has 2 heterocycles. The van der Waals surface area contributed by atoms with E-state index in [1.165, 1.54) is 6.92 Å². The minimum atomic E-state index is -0.127. The fourth-order valence-electron chi connectivity index (χ4n) is 2.61. The number of carbonyl (C=O) groups excluding carboxylic acids is 1. The van der Waals surface area contributed by atoms with Gasteiger partial charge in [0.25, 0.3) is 0 Å². The summed E-state index contributed by atoms with van der Waals surface area (Å²) in [6.45, 7) is 5.05. The summed E-state index contributed by atoms with van der Waals surface area (Å²) in [7, 11) is 1.79. The Morgan fingerprint density at radius 1 is 1.27 bits per heavy atom. The van der Waals surface area contributed by atoms with Crippen molar-refractivity contribution in [2.45, 2.75) is 20.8 Å². The predicted molar refractivity (Wildman–Crippen MR) is 84.2 cm³/mol. The number of ketones is 1. The lowest BCUT2D eigenvalue weighted by atomic mass is 10.0. The Hall–Kier alpha value is -2.69. The van der Waals surface area contributed by atoms with Crippen molar-refractivity contribution in [3.8, 4) is 11.3 Å². The van der Waals surface area contributed by atoms with Crippen molar-refractivity contribution in [2.24, 2.45) is 7.05 Å². The Kier molecular flexibility index (Phi) is 3.20. The summed E-state index contributed by atoms with van der Waals surface area (Å²) < 4.78 is 7.58. The molecule has 0 radical (unpaired) electrons. The number of aromatic nitrogens is 2. The summed E-state index contributed by atoms with van der Waals surface area (Å²) in [6.07, 6.45) is 3.41. The molecule has 22 heavy (non-hydrogen) atoms. The van der Waals surface area contributed by atoms with Crippen LogP contribution in [0.25, 0.3) is 22.3 Å². The van der Waals surface area contributed by atoms with Gasteiger partial charge in [-0.1, -0.05) is 0 Å². The number of rotatable bonds is 2. The molecule has 112 valence electrons. The smallest absolute Gasteiger partial charge is 0.196 e. The molecule has 0 aliphatic carbocycles. The zero-order valence-corrected chi connectivity index (χ0v) is 12.9. The van der Waals surface area contributed by atoms with Gasteiger partial charge in [-0.25, -0.2) is 0 Å². The number of carbonyl (C=O) groups is 1. The minimum Gasteiger partial charge on any atom is -0.455 e. The molecule has 0 unspecified atom stereocenters. The molecule has 3 aromatic rings. The van der Waals surface area contributed by atoms with Crippen LogP contribution in [-0.2, 0) is 7.05 Å². The van der Waals surface area contributed by atoms with Gasteiger partial charge in [0.1, 0.15) is 11.3 Å². The second-order valence-electron chi connectivity index (χ2n) is 5.53. The normalized spacial score (nSPS) is 11.1. The average molecular weight is 296 g/mol. The molecular weight excluding hydrogens is 280 g/mol. The van der Waals surface area contributed by atoms with Crippen LogP contribution in [0.1, 0.15) is 28.4 Å². The molecule has 0 N–H and O–H groups in total. The molecule has 5 heteroatoms. The molecule has 2 aromatic heterocycles. The second kappa shape index (κ2) is 4.94. The summed E-state index contributed by atoms with van der Waals surface area (Å²) in [5, 5.41) is 4.54. The first kappa shape index (κ1) is 14.3. The third kappa shape index (κ3) is 2.15. The van der Waals surface area contributed by atoms with Crippen molar-refractivity contribution < 1.29 is 9.21 Å². The van der Waals surface area contributed by atoms with Crippen LogP contribution in [0.5, 0.6) is 0 Å². The van der Waals surface area contributed by atoms with E-state index in [-0.39, 0.29) is 11.2 Å². The lowest BCUT2D eigenvalue weighted by molar-refractivity contribution is 0.101. The van der Waals surface area contributed by atoms with Crippen LogP contribution in [0.4, 0.5) is 0 Å². The van der Waals surface area contributed by atoms with Crippen molar-refractivity contribution in [3.05, 3.63) is 51.4 Å². The lowest BCUT2D eigenvalue weighted by Crippen LogP contribution is -2.09. The zero-order valence-electron chi connectivity index (χ0n) is 12.9. The summed E-state index contributed by atoms with van der Waals surface area (Å²) >= 11 is 0. The van der Waals surface area contributed by atoms with E-state index < -0.39 is 0 Å². The van der Waals surface area contributed by atoms with E-state index >= 15 is 0 Å². The molecule has 0 atom stereocenters. The monoisotopic (exact) mass is 296 g/mol. The first-order valence-corrected chi connectivity index (χ1v) is 6.96. The maximum atomic E-state index is 12.7. The zero-order chi connectivity index (χ0) is 16.0. The Bertz CT molecular complexity index is 964. The predicted octanol–water partition coefficient (Wildman–Crippen LogP) is 3.01. The summed E-state index contributed by atoms with van der Waals surface area (Å²) in [5.74, 6) is 0.329. The Labute approximate surface area is 127 Å².